The van der Waals surface area contributed by atoms with Crippen LogP contribution in [0.15, 0.2) is 0 Å². The van der Waals surface area contributed by atoms with Crippen LogP contribution < -0.4 is 4.74 Å². The van der Waals surface area contributed by atoms with Crippen molar-refractivity contribution in [2.75, 3.05) is 0 Å². The van der Waals surface area contributed by atoms with Crippen molar-refractivity contribution in [3.63, 3.8) is 0 Å². The first-order valence-electron chi connectivity index (χ1n) is 8.03. The fourth-order valence-electron chi connectivity index (χ4n) is 3.27. The lowest BCUT2D eigenvalue weighted by atomic mass is 9.98. The lowest BCUT2D eigenvalue weighted by Crippen LogP contribution is -2.21. The summed E-state index contributed by atoms with van der Waals surface area (Å²) in [6.45, 7) is 0. The van der Waals surface area contributed by atoms with E-state index in [2.05, 4.69) is 9.97 Å². The summed E-state index contributed by atoms with van der Waals surface area (Å²) in [6, 6.07) is 0.598. The lowest BCUT2D eigenvalue weighted by molar-refractivity contribution is 0.138. The van der Waals surface area contributed by atoms with Gasteiger partial charge in [-0.2, -0.15) is 4.98 Å². The molecule has 0 aromatic carbocycles. The fourth-order valence-corrected chi connectivity index (χ4v) is 3.90. The largest absolute Gasteiger partial charge is 0.461 e. The van der Waals surface area contributed by atoms with Gasteiger partial charge in [-0.1, -0.05) is 29.6 Å². The first kappa shape index (κ1) is 14.6. The molecule has 2 aliphatic rings. The van der Waals surface area contributed by atoms with E-state index in [1.807, 2.05) is 11.6 Å². The van der Waals surface area contributed by atoms with Crippen LogP contribution in [0.3, 0.4) is 0 Å². The molecule has 0 spiro atoms. The molecule has 0 bridgehead atoms. The van der Waals surface area contributed by atoms with Gasteiger partial charge in [-0.05, 0) is 38.5 Å². The van der Waals surface area contributed by atoms with Crippen LogP contribution in [0.4, 0.5) is 0 Å². The highest BCUT2D eigenvalue weighted by atomic mass is 35.5. The molecule has 0 atom stereocenters. The van der Waals surface area contributed by atoms with E-state index in [9.17, 15) is 0 Å². The maximum atomic E-state index is 6.57. The van der Waals surface area contributed by atoms with Crippen LogP contribution in [0.5, 0.6) is 6.01 Å². The minimum atomic E-state index is 0.248. The Morgan fingerprint density at radius 2 is 1.77 bits per heavy atom. The van der Waals surface area contributed by atoms with Crippen LogP contribution in [-0.2, 0) is 7.05 Å². The topological polar surface area (TPSA) is 39.9 Å². The molecule has 4 rings (SSSR count). The smallest absolute Gasteiger partial charge is 0.297 e. The second-order valence-corrected chi connectivity index (χ2v) is 7.14. The van der Waals surface area contributed by atoms with Gasteiger partial charge in [-0.25, -0.2) is 4.98 Å². The molecule has 118 valence electrons. The highest BCUT2D eigenvalue weighted by molar-refractivity contribution is 6.39. The number of nitrogens with zero attached hydrogens (tertiary/aromatic N) is 3. The Morgan fingerprint density at radius 1 is 1.05 bits per heavy atom. The maximum absolute atomic E-state index is 6.57. The Balaban J connectivity index is 1.75. The van der Waals surface area contributed by atoms with Gasteiger partial charge in [0.2, 0.25) is 0 Å². The molecule has 0 amide bonds. The number of ether oxygens (including phenoxy) is 1. The van der Waals surface area contributed by atoms with Crippen molar-refractivity contribution in [3.8, 4) is 6.01 Å². The molecular weight excluding hydrogens is 321 g/mol. The summed E-state index contributed by atoms with van der Waals surface area (Å²) >= 11 is 12.9. The summed E-state index contributed by atoms with van der Waals surface area (Å²) in [5.41, 5.74) is 2.39. The van der Waals surface area contributed by atoms with Gasteiger partial charge in [0.15, 0.2) is 5.15 Å². The number of aryl methyl sites for hydroxylation is 1. The van der Waals surface area contributed by atoms with Gasteiger partial charge in [-0.3, -0.25) is 4.57 Å². The molecule has 2 aromatic rings. The summed E-state index contributed by atoms with van der Waals surface area (Å²) in [7, 11) is 1.94. The molecule has 2 aromatic heterocycles. The summed E-state index contributed by atoms with van der Waals surface area (Å²) in [6.07, 6.45) is 8.46. The first-order valence-corrected chi connectivity index (χ1v) is 8.78. The second-order valence-electron chi connectivity index (χ2n) is 6.40. The summed E-state index contributed by atoms with van der Waals surface area (Å²) in [5, 5.41) is 1.10. The van der Waals surface area contributed by atoms with Crippen LogP contribution in [-0.4, -0.2) is 20.6 Å². The molecule has 2 heterocycles. The molecule has 2 aliphatic carbocycles. The van der Waals surface area contributed by atoms with Crippen molar-refractivity contribution in [2.24, 2.45) is 7.05 Å². The first-order chi connectivity index (χ1) is 10.6. The lowest BCUT2D eigenvalue weighted by Gasteiger charge is -2.22. The predicted octanol–water partition coefficient (Wildman–Crippen LogP) is 4.86. The van der Waals surface area contributed by atoms with Crippen molar-refractivity contribution >= 4 is 34.2 Å². The van der Waals surface area contributed by atoms with E-state index in [0.717, 1.165) is 36.9 Å². The van der Waals surface area contributed by atoms with Crippen molar-refractivity contribution in [1.29, 1.82) is 0 Å². The fraction of sp³-hybridized carbons (Fsp3) is 0.625. The molecular formula is C16H19Cl2N3O. The minimum Gasteiger partial charge on any atom is -0.461 e. The Hall–Kier alpha value is -1.000. The molecule has 2 fully saturated rings. The monoisotopic (exact) mass is 339 g/mol. The number of pyridine rings is 1. The van der Waals surface area contributed by atoms with Crippen LogP contribution in [0.25, 0.3) is 11.0 Å². The second kappa shape index (κ2) is 5.57. The van der Waals surface area contributed by atoms with Crippen molar-refractivity contribution in [1.82, 2.24) is 14.5 Å². The molecule has 0 saturated heterocycles. The van der Waals surface area contributed by atoms with Crippen molar-refractivity contribution in [3.05, 3.63) is 15.9 Å². The van der Waals surface area contributed by atoms with E-state index in [0.29, 0.717) is 27.6 Å². The third-order valence-electron chi connectivity index (χ3n) is 4.69. The van der Waals surface area contributed by atoms with E-state index >= 15 is 0 Å². The minimum absolute atomic E-state index is 0.248. The van der Waals surface area contributed by atoms with Gasteiger partial charge in [0.05, 0.1) is 16.2 Å². The van der Waals surface area contributed by atoms with Crippen LogP contribution >= 0.6 is 23.2 Å². The Bertz CT molecular complexity index is 718. The standard InChI is InChI=1S/C16H19Cl2N3O/c1-21-14-11(17)12(9-7-8-9)19-15(18)13(14)20-16(21)22-10-5-3-2-4-6-10/h9-10H,2-8H2,1H3. The number of hydrogen-bond donors (Lipinski definition) is 0. The van der Waals surface area contributed by atoms with Gasteiger partial charge in [-0.15, -0.1) is 0 Å². The van der Waals surface area contributed by atoms with Gasteiger partial charge in [0, 0.05) is 13.0 Å². The van der Waals surface area contributed by atoms with Crippen molar-refractivity contribution in [2.45, 2.75) is 57.0 Å². The van der Waals surface area contributed by atoms with Gasteiger partial charge >= 0.3 is 0 Å². The van der Waals surface area contributed by atoms with Crippen molar-refractivity contribution < 1.29 is 4.74 Å². The van der Waals surface area contributed by atoms with Crippen LogP contribution in [0.1, 0.15) is 56.6 Å². The summed E-state index contributed by atoms with van der Waals surface area (Å²) < 4.78 is 8.03. The zero-order valence-electron chi connectivity index (χ0n) is 12.6. The number of fused-ring (bicyclic) bond motifs is 1. The molecule has 6 heteroatoms. The van der Waals surface area contributed by atoms with E-state index in [4.69, 9.17) is 27.9 Å². The van der Waals surface area contributed by atoms with Gasteiger partial charge < -0.3 is 4.74 Å². The number of aromatic nitrogens is 3. The highest BCUT2D eigenvalue weighted by Gasteiger charge is 2.31. The van der Waals surface area contributed by atoms with E-state index < -0.39 is 0 Å². The highest BCUT2D eigenvalue weighted by Crippen LogP contribution is 2.45. The molecule has 2 saturated carbocycles. The van der Waals surface area contributed by atoms with Gasteiger partial charge in [0.1, 0.15) is 11.6 Å². The van der Waals surface area contributed by atoms with Crippen LogP contribution in [0, 0.1) is 0 Å². The zero-order chi connectivity index (χ0) is 15.3. The average molecular weight is 340 g/mol. The Kier molecular flexibility index (Phi) is 3.69. The third kappa shape index (κ3) is 2.46. The SMILES string of the molecule is Cn1c(OC2CCCCC2)nc2c(Cl)nc(C3CC3)c(Cl)c21. The zero-order valence-corrected chi connectivity index (χ0v) is 14.1. The number of imidazole rings is 1. The van der Waals surface area contributed by atoms with E-state index in [-0.39, 0.29) is 6.10 Å². The van der Waals surface area contributed by atoms with Crippen LogP contribution in [0.2, 0.25) is 10.2 Å². The average Bonchev–Trinajstić information content (AvgIpc) is 3.30. The summed E-state index contributed by atoms with van der Waals surface area (Å²) in [4.78, 5) is 9.02. The molecule has 0 aliphatic heterocycles. The predicted molar refractivity (Wildman–Crippen MR) is 88.0 cm³/mol. The molecule has 0 unspecified atom stereocenters. The molecule has 4 nitrogen and oxygen atoms in total. The van der Waals surface area contributed by atoms with E-state index in [1.54, 1.807) is 0 Å². The summed E-state index contributed by atoms with van der Waals surface area (Å²) in [5.74, 6) is 0.451. The Labute approximate surface area is 139 Å². The Morgan fingerprint density at radius 3 is 2.45 bits per heavy atom. The quantitative estimate of drug-likeness (QED) is 0.749. The number of rotatable bonds is 3. The van der Waals surface area contributed by atoms with E-state index in [1.165, 1.54) is 19.3 Å². The molecule has 0 radical (unpaired) electrons. The third-order valence-corrected chi connectivity index (χ3v) is 5.33. The molecule has 22 heavy (non-hydrogen) atoms. The maximum Gasteiger partial charge on any atom is 0.297 e. The number of hydrogen-bond acceptors (Lipinski definition) is 3. The number of halogens is 2. The van der Waals surface area contributed by atoms with Gasteiger partial charge in [0.25, 0.3) is 6.01 Å². The normalized spacial score (nSPS) is 19.8. The molecule has 0 N–H and O–H groups in total.